The van der Waals surface area contributed by atoms with E-state index in [1.165, 1.54) is 29.7 Å². The molecule has 0 aliphatic carbocycles. The topological polar surface area (TPSA) is 29.9 Å². The zero-order valence-electron chi connectivity index (χ0n) is 13.1. The van der Waals surface area contributed by atoms with Crippen molar-refractivity contribution in [3.8, 4) is 0 Å². The molecule has 0 amide bonds. The summed E-state index contributed by atoms with van der Waals surface area (Å²) in [6.45, 7) is 7.75. The fourth-order valence-electron chi connectivity index (χ4n) is 3.42. The Labute approximate surface area is 127 Å². The molecule has 1 fully saturated rings. The summed E-state index contributed by atoms with van der Waals surface area (Å²) in [5, 5.41) is 3.46. The first kappa shape index (κ1) is 14.3. The number of nitrogens with one attached hydrogen (secondary N) is 1. The van der Waals surface area contributed by atoms with Crippen LogP contribution in [0.15, 0.2) is 36.8 Å². The minimum atomic E-state index is 0.253. The van der Waals surface area contributed by atoms with Gasteiger partial charge in [-0.05, 0) is 43.5 Å². The molecule has 1 aromatic heterocycles. The largest absolute Gasteiger partial charge is 0.330 e. The molecule has 1 aliphatic rings. The predicted molar refractivity (Wildman–Crippen MR) is 86.6 cm³/mol. The fraction of sp³-hybridized carbons (Fsp3) is 0.500. The van der Waals surface area contributed by atoms with Gasteiger partial charge in [0.25, 0.3) is 0 Å². The number of piperidine rings is 1. The van der Waals surface area contributed by atoms with Crippen LogP contribution in [0.2, 0.25) is 0 Å². The van der Waals surface area contributed by atoms with Crippen molar-refractivity contribution in [3.63, 3.8) is 0 Å². The van der Waals surface area contributed by atoms with Gasteiger partial charge in [0.2, 0.25) is 0 Å². The Kier molecular flexibility index (Phi) is 4.11. The van der Waals surface area contributed by atoms with Crippen molar-refractivity contribution in [2.45, 2.75) is 45.1 Å². The Balaban J connectivity index is 1.89. The van der Waals surface area contributed by atoms with Gasteiger partial charge in [-0.1, -0.05) is 38.1 Å². The van der Waals surface area contributed by atoms with Crippen LogP contribution in [0.3, 0.4) is 0 Å². The molecule has 21 heavy (non-hydrogen) atoms. The van der Waals surface area contributed by atoms with E-state index < -0.39 is 0 Å². The third-order valence-electron chi connectivity index (χ3n) is 4.88. The van der Waals surface area contributed by atoms with Crippen LogP contribution in [-0.4, -0.2) is 22.6 Å². The Bertz CT molecular complexity index is 594. The highest BCUT2D eigenvalue weighted by Crippen LogP contribution is 2.33. The molecule has 0 unspecified atom stereocenters. The molecule has 2 heterocycles. The van der Waals surface area contributed by atoms with Crippen LogP contribution in [0.25, 0.3) is 0 Å². The van der Waals surface area contributed by atoms with Crippen LogP contribution in [0.4, 0.5) is 0 Å². The fourth-order valence-corrected chi connectivity index (χ4v) is 3.42. The maximum Gasteiger partial charge on any atom is 0.0951 e. The zero-order chi connectivity index (χ0) is 14.7. The van der Waals surface area contributed by atoms with Crippen molar-refractivity contribution in [1.29, 1.82) is 0 Å². The molecule has 1 aromatic carbocycles. The molecule has 0 saturated carbocycles. The lowest BCUT2D eigenvalue weighted by molar-refractivity contribution is 0.318. The summed E-state index contributed by atoms with van der Waals surface area (Å²) >= 11 is 0. The van der Waals surface area contributed by atoms with Gasteiger partial charge in [0.1, 0.15) is 0 Å². The van der Waals surface area contributed by atoms with Crippen molar-refractivity contribution >= 4 is 0 Å². The molecule has 3 rings (SSSR count). The average Bonchev–Trinajstić information content (AvgIpc) is 2.98. The zero-order valence-corrected chi connectivity index (χ0v) is 13.1. The molecule has 1 N–H and O–H groups in total. The van der Waals surface area contributed by atoms with Crippen molar-refractivity contribution < 1.29 is 0 Å². The van der Waals surface area contributed by atoms with Crippen LogP contribution in [-0.2, 0) is 18.4 Å². The lowest BCUT2D eigenvalue weighted by atomic mass is 9.78. The third-order valence-corrected chi connectivity index (χ3v) is 4.88. The van der Waals surface area contributed by atoms with Gasteiger partial charge in [0.05, 0.1) is 6.33 Å². The summed E-state index contributed by atoms with van der Waals surface area (Å²) in [5.41, 5.74) is 4.49. The van der Waals surface area contributed by atoms with Gasteiger partial charge >= 0.3 is 0 Å². The molecule has 0 radical (unpaired) electrons. The van der Waals surface area contributed by atoms with E-state index in [0.717, 1.165) is 26.1 Å². The molecule has 2 aromatic rings. The maximum atomic E-state index is 4.44. The monoisotopic (exact) mass is 283 g/mol. The number of aryl methyl sites for hydroxylation is 1. The lowest BCUT2D eigenvalue weighted by Gasteiger charge is -2.34. The quantitative estimate of drug-likeness (QED) is 0.934. The van der Waals surface area contributed by atoms with Crippen molar-refractivity contribution in [1.82, 2.24) is 14.9 Å². The van der Waals surface area contributed by atoms with Gasteiger partial charge in [-0.2, -0.15) is 0 Å². The first-order valence-electron chi connectivity index (χ1n) is 8.01. The predicted octanol–water partition coefficient (Wildman–Crippen LogP) is 3.13. The number of imidazole rings is 1. The molecule has 3 heteroatoms. The van der Waals surface area contributed by atoms with E-state index in [1.807, 2.05) is 6.33 Å². The second-order valence-corrected chi connectivity index (χ2v) is 6.34. The third kappa shape index (κ3) is 2.88. The highest BCUT2D eigenvalue weighted by Gasteiger charge is 2.31. The van der Waals surface area contributed by atoms with Crippen LogP contribution < -0.4 is 5.32 Å². The van der Waals surface area contributed by atoms with Gasteiger partial charge in [0.15, 0.2) is 0 Å². The Morgan fingerprint density at radius 2 is 1.90 bits per heavy atom. The first-order chi connectivity index (χ1) is 10.2. The normalized spacial score (nSPS) is 17.8. The number of hydrogen-bond donors (Lipinski definition) is 1. The van der Waals surface area contributed by atoms with Gasteiger partial charge in [-0.25, -0.2) is 4.98 Å². The first-order valence-corrected chi connectivity index (χ1v) is 8.01. The summed E-state index contributed by atoms with van der Waals surface area (Å²) in [5.74, 6) is 0. The van der Waals surface area contributed by atoms with Crippen molar-refractivity contribution in [2.75, 3.05) is 13.1 Å². The van der Waals surface area contributed by atoms with Crippen LogP contribution >= 0.6 is 0 Å². The second kappa shape index (κ2) is 6.02. The van der Waals surface area contributed by atoms with E-state index in [-0.39, 0.29) is 5.41 Å². The van der Waals surface area contributed by atoms with Crippen molar-refractivity contribution in [3.05, 3.63) is 53.6 Å². The van der Waals surface area contributed by atoms with E-state index in [4.69, 9.17) is 0 Å². The highest BCUT2D eigenvalue weighted by molar-refractivity contribution is 5.28. The number of rotatable bonds is 4. The van der Waals surface area contributed by atoms with E-state index in [1.54, 1.807) is 0 Å². The molecule has 0 bridgehead atoms. The summed E-state index contributed by atoms with van der Waals surface area (Å²) < 4.78 is 2.35. The Morgan fingerprint density at radius 3 is 2.62 bits per heavy atom. The molecule has 3 nitrogen and oxygen atoms in total. The maximum absolute atomic E-state index is 4.44. The summed E-state index contributed by atoms with van der Waals surface area (Å²) in [4.78, 5) is 4.44. The van der Waals surface area contributed by atoms with Gasteiger partial charge in [0, 0.05) is 23.9 Å². The number of aromatic nitrogens is 2. The number of hydrogen-bond acceptors (Lipinski definition) is 2. The van der Waals surface area contributed by atoms with Gasteiger partial charge in [-0.3, -0.25) is 0 Å². The minimum absolute atomic E-state index is 0.253. The number of nitrogens with zero attached hydrogens (tertiary/aromatic N) is 2. The molecule has 1 aliphatic heterocycles. The number of benzene rings is 1. The van der Waals surface area contributed by atoms with E-state index >= 15 is 0 Å². The molecule has 1 saturated heterocycles. The minimum Gasteiger partial charge on any atom is -0.330 e. The summed E-state index contributed by atoms with van der Waals surface area (Å²) in [7, 11) is 0. The lowest BCUT2D eigenvalue weighted by Crippen LogP contribution is -2.39. The highest BCUT2D eigenvalue weighted by atomic mass is 15.1. The standard InChI is InChI=1S/C18H25N3/c1-3-15-6-4-5-7-16(15)13-21-14-20-12-17(21)18(2)8-10-19-11-9-18/h4-7,12,14,19H,3,8-11,13H2,1-2H3. The van der Waals surface area contributed by atoms with Gasteiger partial charge < -0.3 is 9.88 Å². The van der Waals surface area contributed by atoms with Crippen LogP contribution in [0, 0.1) is 0 Å². The molecular formula is C18H25N3. The van der Waals surface area contributed by atoms with Crippen molar-refractivity contribution in [2.24, 2.45) is 0 Å². The average molecular weight is 283 g/mol. The Hall–Kier alpha value is -1.61. The molecule has 0 atom stereocenters. The second-order valence-electron chi connectivity index (χ2n) is 6.34. The van der Waals surface area contributed by atoms with Crippen LogP contribution in [0.1, 0.15) is 43.5 Å². The van der Waals surface area contributed by atoms with E-state index in [2.05, 4.69) is 59.2 Å². The molecule has 112 valence electrons. The van der Waals surface area contributed by atoms with E-state index in [9.17, 15) is 0 Å². The summed E-state index contributed by atoms with van der Waals surface area (Å²) in [6, 6.07) is 8.74. The van der Waals surface area contributed by atoms with Crippen LogP contribution in [0.5, 0.6) is 0 Å². The Morgan fingerprint density at radius 1 is 1.19 bits per heavy atom. The molecule has 0 spiro atoms. The van der Waals surface area contributed by atoms with E-state index in [0.29, 0.717) is 0 Å². The molecular weight excluding hydrogens is 258 g/mol. The summed E-state index contributed by atoms with van der Waals surface area (Å²) in [6.07, 6.45) is 7.53. The van der Waals surface area contributed by atoms with Gasteiger partial charge in [-0.15, -0.1) is 0 Å². The smallest absolute Gasteiger partial charge is 0.0951 e. The SMILES string of the molecule is CCc1ccccc1Cn1cncc1C1(C)CCNCC1.